The average Bonchev–Trinajstić information content (AvgIpc) is 2.98. The minimum atomic E-state index is -4.62. The molecule has 1 saturated heterocycles. The Morgan fingerprint density at radius 1 is 1.10 bits per heavy atom. The smallest absolute Gasteiger partial charge is 0.418 e. The van der Waals surface area contributed by atoms with Crippen LogP contribution in [-0.2, 0) is 11.0 Å². The minimum absolute atomic E-state index is 0.0586. The SMILES string of the molecule is C=C(c1cc(-c2cnc(OC)nc2)ccc1N=CC)N(C(C)=O)c1ccc(N2CCNCC2)c(C(F)(F)F)c1.C=CC. The van der Waals surface area contributed by atoms with Gasteiger partial charge in [0.25, 0.3) is 0 Å². The van der Waals surface area contributed by atoms with Crippen molar-refractivity contribution in [1.82, 2.24) is 15.3 Å². The molecule has 0 atom stereocenters. The van der Waals surface area contributed by atoms with Crippen molar-refractivity contribution >= 4 is 34.9 Å². The second kappa shape index (κ2) is 14.4. The molecule has 3 aromatic rings. The Morgan fingerprint density at radius 2 is 1.74 bits per heavy atom. The van der Waals surface area contributed by atoms with E-state index >= 15 is 0 Å². The standard InChI is InChI=1S/C28H29F3N6O2.C3H6/c1-5-33-25-8-6-20(21-16-34-27(39-4)35-17-21)14-23(25)18(2)37(19(3)38)22-7-9-26(24(15-22)28(29,30)31)36-12-10-32-11-13-36;1-3-2/h5-9,14-17,32H,2,10-13H2,1,3-4H3;3H,1H2,2H3. The number of alkyl halides is 3. The predicted octanol–water partition coefficient (Wildman–Crippen LogP) is 6.52. The Hall–Kier alpha value is -4.51. The molecule has 4 rings (SSSR count). The molecule has 0 bridgehead atoms. The third-order valence-corrected chi connectivity index (χ3v) is 6.31. The number of methoxy groups -OCH3 is 1. The molecule has 222 valence electrons. The fourth-order valence-electron chi connectivity index (χ4n) is 4.49. The van der Waals surface area contributed by atoms with Gasteiger partial charge in [0.05, 0.1) is 24.1 Å². The molecule has 0 radical (unpaired) electrons. The summed E-state index contributed by atoms with van der Waals surface area (Å²) in [6.45, 7) is 14.5. The molecule has 1 fully saturated rings. The number of amides is 1. The molecule has 1 amide bonds. The second-order valence-corrected chi connectivity index (χ2v) is 9.22. The van der Waals surface area contributed by atoms with Crippen LogP contribution in [0, 0.1) is 0 Å². The number of carbonyl (C=O) groups excluding carboxylic acids is 1. The number of rotatable bonds is 7. The van der Waals surface area contributed by atoms with Gasteiger partial charge < -0.3 is 15.0 Å². The number of halogens is 3. The van der Waals surface area contributed by atoms with E-state index < -0.39 is 17.6 Å². The number of piperazine rings is 1. The van der Waals surface area contributed by atoms with Crippen molar-refractivity contribution in [3.63, 3.8) is 0 Å². The normalized spacial score (nSPS) is 13.3. The third kappa shape index (κ3) is 7.61. The summed E-state index contributed by atoms with van der Waals surface area (Å²) < 4.78 is 47.7. The van der Waals surface area contributed by atoms with Crippen LogP contribution < -0.4 is 19.9 Å². The number of ether oxygens (including phenoxy) is 1. The fourth-order valence-corrected chi connectivity index (χ4v) is 4.49. The van der Waals surface area contributed by atoms with Gasteiger partial charge in [0.15, 0.2) is 0 Å². The second-order valence-electron chi connectivity index (χ2n) is 9.22. The summed E-state index contributed by atoms with van der Waals surface area (Å²) >= 11 is 0. The molecule has 11 heteroatoms. The molecule has 1 N–H and O–H groups in total. The highest BCUT2D eigenvalue weighted by Gasteiger charge is 2.36. The lowest BCUT2D eigenvalue weighted by Crippen LogP contribution is -2.44. The first kappa shape index (κ1) is 32.0. The van der Waals surface area contributed by atoms with E-state index in [1.54, 1.807) is 48.6 Å². The number of hydrogen-bond donors (Lipinski definition) is 1. The molecular formula is C31H35F3N6O2. The summed E-state index contributed by atoms with van der Waals surface area (Å²) in [7, 11) is 1.46. The largest absolute Gasteiger partial charge is 0.467 e. The van der Waals surface area contributed by atoms with E-state index in [1.807, 2.05) is 13.0 Å². The number of benzene rings is 2. The Balaban J connectivity index is 0.00000155. The van der Waals surface area contributed by atoms with Gasteiger partial charge in [-0.05, 0) is 49.7 Å². The van der Waals surface area contributed by atoms with Crippen molar-refractivity contribution in [1.29, 1.82) is 0 Å². The number of nitrogens with one attached hydrogen (secondary N) is 1. The van der Waals surface area contributed by atoms with Crippen molar-refractivity contribution in [2.75, 3.05) is 43.1 Å². The molecule has 42 heavy (non-hydrogen) atoms. The van der Waals surface area contributed by atoms with Gasteiger partial charge in [0.2, 0.25) is 5.91 Å². The van der Waals surface area contributed by atoms with Gasteiger partial charge in [-0.1, -0.05) is 18.7 Å². The van der Waals surface area contributed by atoms with Gasteiger partial charge in [0.1, 0.15) is 0 Å². The van der Waals surface area contributed by atoms with E-state index in [0.717, 1.165) is 6.07 Å². The molecular weight excluding hydrogens is 545 g/mol. The first-order valence-corrected chi connectivity index (χ1v) is 13.3. The summed E-state index contributed by atoms with van der Waals surface area (Å²) in [4.78, 5) is 28.4. The molecule has 1 aromatic heterocycles. The maximum absolute atomic E-state index is 14.2. The maximum atomic E-state index is 14.2. The highest BCUT2D eigenvalue weighted by molar-refractivity contribution is 6.06. The Labute approximate surface area is 244 Å². The van der Waals surface area contributed by atoms with Gasteiger partial charge in [-0.25, -0.2) is 9.97 Å². The first-order valence-electron chi connectivity index (χ1n) is 13.3. The van der Waals surface area contributed by atoms with Crippen molar-refractivity contribution in [2.24, 2.45) is 4.99 Å². The Bertz CT molecular complexity index is 1430. The van der Waals surface area contributed by atoms with Crippen LogP contribution in [0.5, 0.6) is 6.01 Å². The minimum Gasteiger partial charge on any atom is -0.467 e. The zero-order chi connectivity index (χ0) is 30.9. The van der Waals surface area contributed by atoms with E-state index in [-0.39, 0.29) is 23.1 Å². The molecule has 0 spiro atoms. The lowest BCUT2D eigenvalue weighted by atomic mass is 10.0. The summed E-state index contributed by atoms with van der Waals surface area (Å²) in [5.41, 5.74) is 1.86. The van der Waals surface area contributed by atoms with E-state index in [1.165, 1.54) is 31.1 Å². The van der Waals surface area contributed by atoms with Crippen LogP contribution in [0.4, 0.5) is 30.2 Å². The number of aliphatic imine (C=N–C) groups is 1. The number of allylic oxidation sites excluding steroid dienone is 1. The van der Waals surface area contributed by atoms with Crippen molar-refractivity contribution in [3.05, 3.63) is 79.2 Å². The number of aromatic nitrogens is 2. The van der Waals surface area contributed by atoms with Crippen LogP contribution in [0.15, 0.2) is 73.0 Å². The molecule has 8 nitrogen and oxygen atoms in total. The first-order chi connectivity index (χ1) is 20.0. The molecule has 2 heterocycles. The fraction of sp³-hybridized carbons (Fsp3) is 0.290. The van der Waals surface area contributed by atoms with Crippen LogP contribution >= 0.6 is 0 Å². The number of nitrogens with zero attached hydrogens (tertiary/aromatic N) is 5. The average molecular weight is 581 g/mol. The highest BCUT2D eigenvalue weighted by Crippen LogP contribution is 2.41. The highest BCUT2D eigenvalue weighted by atomic mass is 19.4. The number of carbonyl (C=O) groups is 1. The lowest BCUT2D eigenvalue weighted by molar-refractivity contribution is -0.137. The number of hydrogen-bond acceptors (Lipinski definition) is 7. The Kier molecular flexibility index (Phi) is 11.0. The topological polar surface area (TPSA) is 83.0 Å². The number of anilines is 2. The monoisotopic (exact) mass is 580 g/mol. The van der Waals surface area contributed by atoms with Crippen LogP contribution in [-0.4, -0.2) is 55.4 Å². The molecule has 0 unspecified atom stereocenters. The summed E-state index contributed by atoms with van der Waals surface area (Å²) in [5.74, 6) is -0.493. The van der Waals surface area contributed by atoms with Gasteiger partial charge in [0, 0.05) is 74.2 Å². The van der Waals surface area contributed by atoms with Crippen LogP contribution in [0.2, 0.25) is 0 Å². The van der Waals surface area contributed by atoms with E-state index in [9.17, 15) is 18.0 Å². The van der Waals surface area contributed by atoms with Gasteiger partial charge in [-0.3, -0.25) is 14.7 Å². The molecule has 0 saturated carbocycles. The molecule has 1 aliphatic rings. The molecule has 2 aromatic carbocycles. The molecule has 1 aliphatic heterocycles. The zero-order valence-corrected chi connectivity index (χ0v) is 24.2. The van der Waals surface area contributed by atoms with Crippen molar-refractivity contribution in [2.45, 2.75) is 26.9 Å². The van der Waals surface area contributed by atoms with Gasteiger partial charge in [-0.15, -0.1) is 6.58 Å². The van der Waals surface area contributed by atoms with E-state index in [4.69, 9.17) is 4.74 Å². The summed E-state index contributed by atoms with van der Waals surface area (Å²) in [6, 6.07) is 9.47. The summed E-state index contributed by atoms with van der Waals surface area (Å²) in [5, 5.41) is 3.14. The Morgan fingerprint density at radius 3 is 2.29 bits per heavy atom. The van der Waals surface area contributed by atoms with E-state index in [0.29, 0.717) is 48.6 Å². The lowest BCUT2D eigenvalue weighted by Gasteiger charge is -2.32. The van der Waals surface area contributed by atoms with Crippen LogP contribution in [0.1, 0.15) is 31.9 Å². The van der Waals surface area contributed by atoms with Crippen LogP contribution in [0.3, 0.4) is 0 Å². The van der Waals surface area contributed by atoms with Crippen LogP contribution in [0.25, 0.3) is 16.8 Å². The van der Waals surface area contributed by atoms with Gasteiger partial charge in [-0.2, -0.15) is 13.2 Å². The van der Waals surface area contributed by atoms with Crippen molar-refractivity contribution in [3.8, 4) is 17.1 Å². The predicted molar refractivity (Wildman–Crippen MR) is 162 cm³/mol. The van der Waals surface area contributed by atoms with E-state index in [2.05, 4.69) is 33.4 Å². The quantitative estimate of drug-likeness (QED) is 0.253. The molecule has 0 aliphatic carbocycles. The zero-order valence-electron chi connectivity index (χ0n) is 24.2. The van der Waals surface area contributed by atoms with Crippen molar-refractivity contribution < 1.29 is 22.7 Å². The van der Waals surface area contributed by atoms with Gasteiger partial charge >= 0.3 is 12.2 Å². The third-order valence-electron chi connectivity index (χ3n) is 6.31. The summed E-state index contributed by atoms with van der Waals surface area (Å²) in [6.07, 6.45) is 1.89. The maximum Gasteiger partial charge on any atom is 0.418 e.